The molecule has 0 aliphatic carbocycles. The molecular weight excluding hydrogens is 310 g/mol. The largest absolute Gasteiger partial charge is 0.492 e. The van der Waals surface area contributed by atoms with E-state index < -0.39 is 0 Å². The number of benzene rings is 1. The number of carbonyl (C=O) groups excluding carboxylic acids is 2. The van der Waals surface area contributed by atoms with Crippen LogP contribution in [0.5, 0.6) is 5.75 Å². The quantitative estimate of drug-likeness (QED) is 0.664. The topological polar surface area (TPSA) is 88.7 Å². The Hall–Kier alpha value is -2.28. The molecule has 3 amide bonds. The van der Waals surface area contributed by atoms with Crippen molar-refractivity contribution in [3.05, 3.63) is 24.3 Å². The van der Waals surface area contributed by atoms with Gasteiger partial charge in [0, 0.05) is 25.3 Å². The molecule has 0 spiro atoms. The fraction of sp³-hybridized carbons (Fsp3) is 0.529. The van der Waals surface area contributed by atoms with Crippen LogP contribution < -0.4 is 20.7 Å². The normalized spacial score (nSPS) is 17.8. The van der Waals surface area contributed by atoms with E-state index in [-0.39, 0.29) is 24.1 Å². The van der Waals surface area contributed by atoms with Crippen molar-refractivity contribution in [2.24, 2.45) is 0 Å². The zero-order valence-corrected chi connectivity index (χ0v) is 14.1. The van der Waals surface area contributed by atoms with Gasteiger partial charge < -0.3 is 25.4 Å². The first kappa shape index (κ1) is 18.1. The average molecular weight is 335 g/mol. The first-order chi connectivity index (χ1) is 11.5. The van der Waals surface area contributed by atoms with Gasteiger partial charge in [-0.3, -0.25) is 4.79 Å². The maximum atomic E-state index is 11.8. The minimum absolute atomic E-state index is 0.0113. The molecule has 0 radical (unpaired) electrons. The molecule has 7 nitrogen and oxygen atoms in total. The lowest BCUT2D eigenvalue weighted by atomic mass is 10.1. The van der Waals surface area contributed by atoms with Crippen molar-refractivity contribution in [3.8, 4) is 5.75 Å². The van der Waals surface area contributed by atoms with Gasteiger partial charge in [0.05, 0.1) is 18.7 Å². The van der Waals surface area contributed by atoms with Gasteiger partial charge in [-0.15, -0.1) is 0 Å². The summed E-state index contributed by atoms with van der Waals surface area (Å²) in [6.07, 6.45) is 2.13. The second kappa shape index (κ2) is 9.12. The Kier molecular flexibility index (Phi) is 6.87. The molecule has 24 heavy (non-hydrogen) atoms. The van der Waals surface area contributed by atoms with Crippen LogP contribution in [0.4, 0.5) is 10.5 Å². The van der Waals surface area contributed by atoms with Crippen molar-refractivity contribution in [2.75, 3.05) is 25.1 Å². The van der Waals surface area contributed by atoms with Gasteiger partial charge in [0.2, 0.25) is 5.91 Å². The molecule has 132 valence electrons. The number of nitrogens with one attached hydrogen (secondary N) is 3. The van der Waals surface area contributed by atoms with Crippen LogP contribution in [0.25, 0.3) is 0 Å². The third-order valence-electron chi connectivity index (χ3n) is 3.69. The number of amides is 3. The Morgan fingerprint density at radius 2 is 2.25 bits per heavy atom. The molecule has 7 heteroatoms. The highest BCUT2D eigenvalue weighted by Crippen LogP contribution is 2.17. The van der Waals surface area contributed by atoms with E-state index in [2.05, 4.69) is 16.0 Å². The van der Waals surface area contributed by atoms with Gasteiger partial charge in [0.15, 0.2) is 0 Å². The maximum Gasteiger partial charge on any atom is 0.315 e. The third-order valence-corrected chi connectivity index (χ3v) is 3.69. The van der Waals surface area contributed by atoms with Crippen LogP contribution in [0.15, 0.2) is 24.3 Å². The number of urea groups is 1. The second-order valence-electron chi connectivity index (χ2n) is 5.80. The summed E-state index contributed by atoms with van der Waals surface area (Å²) >= 11 is 0. The number of rotatable bonds is 7. The highest BCUT2D eigenvalue weighted by atomic mass is 16.5. The fourth-order valence-corrected chi connectivity index (χ4v) is 2.55. The lowest BCUT2D eigenvalue weighted by molar-refractivity contribution is -0.114. The molecule has 0 saturated carbocycles. The molecule has 1 fully saturated rings. The molecule has 1 aliphatic heterocycles. The van der Waals surface area contributed by atoms with Gasteiger partial charge in [0.25, 0.3) is 0 Å². The van der Waals surface area contributed by atoms with E-state index in [1.54, 1.807) is 24.3 Å². The molecule has 0 bridgehead atoms. The molecule has 1 aromatic carbocycles. The van der Waals surface area contributed by atoms with Crippen LogP contribution in [0, 0.1) is 0 Å². The number of carbonyl (C=O) groups is 2. The van der Waals surface area contributed by atoms with E-state index in [1.165, 1.54) is 6.92 Å². The van der Waals surface area contributed by atoms with Crippen LogP contribution in [-0.4, -0.2) is 43.8 Å². The third kappa shape index (κ3) is 6.08. The molecule has 1 heterocycles. The van der Waals surface area contributed by atoms with E-state index in [9.17, 15) is 9.59 Å². The molecule has 0 aromatic heterocycles. The van der Waals surface area contributed by atoms with E-state index >= 15 is 0 Å². The Morgan fingerprint density at radius 3 is 2.96 bits per heavy atom. The summed E-state index contributed by atoms with van der Waals surface area (Å²) in [7, 11) is 0. The summed E-state index contributed by atoms with van der Waals surface area (Å²) in [6, 6.07) is 6.87. The molecule has 3 N–H and O–H groups in total. The van der Waals surface area contributed by atoms with E-state index in [1.807, 2.05) is 6.92 Å². The number of hydrogen-bond acceptors (Lipinski definition) is 4. The zero-order valence-electron chi connectivity index (χ0n) is 14.1. The van der Waals surface area contributed by atoms with Crippen LogP contribution >= 0.6 is 0 Å². The van der Waals surface area contributed by atoms with E-state index in [0.29, 0.717) is 24.6 Å². The summed E-state index contributed by atoms with van der Waals surface area (Å²) in [5.41, 5.74) is 0.677. The molecule has 2 atom stereocenters. The predicted molar refractivity (Wildman–Crippen MR) is 91.2 cm³/mol. The SMILES string of the molecule is CC(=O)Nc1cccc(OCCNC(=O)NC(C)C2CCCO2)c1. The molecule has 1 aromatic rings. The summed E-state index contributed by atoms with van der Waals surface area (Å²) < 4.78 is 11.1. The lowest BCUT2D eigenvalue weighted by Crippen LogP contribution is -2.46. The predicted octanol–water partition coefficient (Wildman–Crippen LogP) is 1.89. The van der Waals surface area contributed by atoms with Crippen LogP contribution in [0.2, 0.25) is 0 Å². The van der Waals surface area contributed by atoms with Crippen molar-refractivity contribution >= 4 is 17.6 Å². The highest BCUT2D eigenvalue weighted by Gasteiger charge is 2.23. The summed E-state index contributed by atoms with van der Waals surface area (Å²) in [5, 5.41) is 8.32. The van der Waals surface area contributed by atoms with Crippen molar-refractivity contribution in [3.63, 3.8) is 0 Å². The minimum Gasteiger partial charge on any atom is -0.492 e. The first-order valence-electron chi connectivity index (χ1n) is 8.21. The van der Waals surface area contributed by atoms with Gasteiger partial charge in [-0.05, 0) is 31.9 Å². The molecule has 1 saturated heterocycles. The lowest BCUT2D eigenvalue weighted by Gasteiger charge is -2.20. The minimum atomic E-state index is -0.228. The Morgan fingerprint density at radius 1 is 1.42 bits per heavy atom. The fourth-order valence-electron chi connectivity index (χ4n) is 2.55. The van der Waals surface area contributed by atoms with Gasteiger partial charge in [-0.25, -0.2) is 4.79 Å². The van der Waals surface area contributed by atoms with Gasteiger partial charge in [-0.1, -0.05) is 6.07 Å². The number of hydrogen-bond donors (Lipinski definition) is 3. The van der Waals surface area contributed by atoms with Crippen LogP contribution in [-0.2, 0) is 9.53 Å². The summed E-state index contributed by atoms with van der Waals surface area (Å²) in [4.78, 5) is 22.8. The van der Waals surface area contributed by atoms with Crippen molar-refractivity contribution in [1.82, 2.24) is 10.6 Å². The van der Waals surface area contributed by atoms with Crippen LogP contribution in [0.3, 0.4) is 0 Å². The Bertz CT molecular complexity index is 559. The Labute approximate surface area is 142 Å². The summed E-state index contributed by atoms with van der Waals surface area (Å²) in [5.74, 6) is 0.502. The molecule has 1 aliphatic rings. The van der Waals surface area contributed by atoms with Crippen molar-refractivity contribution in [1.29, 1.82) is 0 Å². The van der Waals surface area contributed by atoms with Crippen LogP contribution in [0.1, 0.15) is 26.7 Å². The van der Waals surface area contributed by atoms with Crippen molar-refractivity contribution in [2.45, 2.75) is 38.8 Å². The van der Waals surface area contributed by atoms with Gasteiger partial charge >= 0.3 is 6.03 Å². The Balaban J connectivity index is 1.65. The van der Waals surface area contributed by atoms with Crippen molar-refractivity contribution < 1.29 is 19.1 Å². The zero-order chi connectivity index (χ0) is 17.4. The molecule has 2 unspecified atom stereocenters. The second-order valence-corrected chi connectivity index (χ2v) is 5.80. The van der Waals surface area contributed by atoms with E-state index in [0.717, 1.165) is 19.4 Å². The monoisotopic (exact) mass is 335 g/mol. The smallest absolute Gasteiger partial charge is 0.315 e. The highest BCUT2D eigenvalue weighted by molar-refractivity contribution is 5.88. The number of anilines is 1. The molecular formula is C17H25N3O4. The first-order valence-corrected chi connectivity index (χ1v) is 8.21. The standard InChI is InChI=1S/C17H25N3O4/c1-12(16-7-4-9-24-16)19-17(22)18-8-10-23-15-6-3-5-14(11-15)20-13(2)21/h3,5-6,11-12,16H,4,7-10H2,1-2H3,(H,20,21)(H2,18,19,22). The van der Waals surface area contributed by atoms with Gasteiger partial charge in [0.1, 0.15) is 12.4 Å². The van der Waals surface area contributed by atoms with E-state index in [4.69, 9.17) is 9.47 Å². The summed E-state index contributed by atoms with van der Waals surface area (Å²) in [6.45, 7) is 4.89. The molecule has 2 rings (SSSR count). The maximum absolute atomic E-state index is 11.8. The van der Waals surface area contributed by atoms with Gasteiger partial charge in [-0.2, -0.15) is 0 Å². The number of ether oxygens (including phenoxy) is 2. The average Bonchev–Trinajstić information content (AvgIpc) is 3.06.